The number of carbonyl (C=O) groups excluding carboxylic acids is 1. The molecule has 22 heavy (non-hydrogen) atoms. The molecule has 0 radical (unpaired) electrons. The highest BCUT2D eigenvalue weighted by Crippen LogP contribution is 2.38. The second-order valence-electron chi connectivity index (χ2n) is 7.40. The highest BCUT2D eigenvalue weighted by molar-refractivity contribution is 5.76. The van der Waals surface area contributed by atoms with Crippen molar-refractivity contribution in [1.82, 2.24) is 19.7 Å². The third kappa shape index (κ3) is 2.66. The van der Waals surface area contributed by atoms with Gasteiger partial charge in [0.25, 0.3) is 0 Å². The number of likely N-dealkylation sites (tertiary alicyclic amines) is 1. The predicted octanol–water partition coefficient (Wildman–Crippen LogP) is 2.37. The number of hydrogen-bond donors (Lipinski definition) is 0. The van der Waals surface area contributed by atoms with Crippen molar-refractivity contribution in [2.75, 3.05) is 13.1 Å². The molecule has 0 spiro atoms. The highest BCUT2D eigenvalue weighted by atomic mass is 16.2. The summed E-state index contributed by atoms with van der Waals surface area (Å²) >= 11 is 0. The van der Waals surface area contributed by atoms with Crippen LogP contribution >= 0.6 is 0 Å². The van der Waals surface area contributed by atoms with Gasteiger partial charge in [0.15, 0.2) is 0 Å². The van der Waals surface area contributed by atoms with Crippen molar-refractivity contribution in [2.45, 2.75) is 64.3 Å². The molecule has 3 aliphatic rings. The molecule has 0 N–H and O–H groups in total. The fraction of sp³-hybridized carbons (Fsp3) is 0.824. The van der Waals surface area contributed by atoms with Gasteiger partial charge in [-0.05, 0) is 43.9 Å². The molecule has 1 amide bonds. The largest absolute Gasteiger partial charge is 0.343 e. The van der Waals surface area contributed by atoms with Crippen LogP contribution in [-0.4, -0.2) is 38.7 Å². The molecule has 1 aromatic rings. The smallest absolute Gasteiger partial charge is 0.222 e. The Morgan fingerprint density at radius 2 is 1.95 bits per heavy atom. The quantitative estimate of drug-likeness (QED) is 0.858. The normalized spacial score (nSPS) is 23.6. The lowest BCUT2D eigenvalue weighted by atomic mass is 9.94. The van der Waals surface area contributed by atoms with Gasteiger partial charge in [0.2, 0.25) is 5.91 Å². The number of piperidine rings is 1. The molecule has 1 atom stereocenters. The van der Waals surface area contributed by atoms with Gasteiger partial charge in [-0.1, -0.05) is 6.92 Å². The van der Waals surface area contributed by atoms with Crippen LogP contribution in [0.15, 0.2) is 0 Å². The molecule has 3 heterocycles. The van der Waals surface area contributed by atoms with Crippen molar-refractivity contribution in [3.8, 4) is 0 Å². The van der Waals surface area contributed by atoms with Crippen LogP contribution in [0.2, 0.25) is 0 Å². The molecule has 4 rings (SSSR count). The van der Waals surface area contributed by atoms with E-state index >= 15 is 0 Å². The van der Waals surface area contributed by atoms with Crippen molar-refractivity contribution in [3.63, 3.8) is 0 Å². The lowest BCUT2D eigenvalue weighted by molar-refractivity contribution is -0.133. The maximum atomic E-state index is 12.4. The summed E-state index contributed by atoms with van der Waals surface area (Å²) in [5.41, 5.74) is 0. The minimum atomic E-state index is 0.365. The van der Waals surface area contributed by atoms with Crippen molar-refractivity contribution in [2.24, 2.45) is 11.8 Å². The number of hydrogen-bond acceptors (Lipinski definition) is 3. The molecular weight excluding hydrogens is 276 g/mol. The molecule has 2 fully saturated rings. The molecule has 0 bridgehead atoms. The average molecular weight is 302 g/mol. The molecule has 1 saturated heterocycles. The molecule has 1 aliphatic carbocycles. The zero-order valence-corrected chi connectivity index (χ0v) is 13.5. The Bertz CT molecular complexity index is 555. The van der Waals surface area contributed by atoms with Crippen molar-refractivity contribution >= 4 is 5.91 Å². The molecule has 5 heteroatoms. The maximum Gasteiger partial charge on any atom is 0.222 e. The van der Waals surface area contributed by atoms with Crippen LogP contribution in [0.1, 0.15) is 63.0 Å². The molecule has 0 unspecified atom stereocenters. The van der Waals surface area contributed by atoms with Gasteiger partial charge < -0.3 is 9.47 Å². The number of aromatic nitrogens is 3. The zero-order chi connectivity index (χ0) is 15.1. The summed E-state index contributed by atoms with van der Waals surface area (Å²) in [6.45, 7) is 5.10. The summed E-state index contributed by atoms with van der Waals surface area (Å²) in [6.07, 6.45) is 7.76. The van der Waals surface area contributed by atoms with Gasteiger partial charge in [0.05, 0.1) is 0 Å². The Labute approximate surface area is 132 Å². The summed E-state index contributed by atoms with van der Waals surface area (Å²) in [5.74, 6) is 4.58. The minimum absolute atomic E-state index is 0.365. The van der Waals surface area contributed by atoms with E-state index < -0.39 is 0 Å². The standard InChI is InChI=1S/C17H26N4O/c1-12(13-4-5-13)11-16(22)20-9-6-14(7-10-20)17-19-18-15-3-2-8-21(15)17/h12-14H,2-11H2,1H3/t12-/m1/s1. The van der Waals surface area contributed by atoms with E-state index in [-0.39, 0.29) is 0 Å². The average Bonchev–Trinajstić information content (AvgIpc) is 3.15. The van der Waals surface area contributed by atoms with E-state index in [9.17, 15) is 4.79 Å². The van der Waals surface area contributed by atoms with E-state index in [1.807, 2.05) is 0 Å². The first kappa shape index (κ1) is 14.2. The predicted molar refractivity (Wildman–Crippen MR) is 83.4 cm³/mol. The van der Waals surface area contributed by atoms with Crippen LogP contribution in [0, 0.1) is 11.8 Å². The Morgan fingerprint density at radius 3 is 2.68 bits per heavy atom. The van der Waals surface area contributed by atoms with E-state index in [1.165, 1.54) is 25.1 Å². The Morgan fingerprint density at radius 1 is 1.18 bits per heavy atom. The van der Waals surface area contributed by atoms with Gasteiger partial charge in [-0.15, -0.1) is 10.2 Å². The number of rotatable bonds is 4. The van der Waals surface area contributed by atoms with E-state index in [0.717, 1.165) is 57.1 Å². The monoisotopic (exact) mass is 302 g/mol. The Balaban J connectivity index is 1.33. The first-order valence-electron chi connectivity index (χ1n) is 8.92. The summed E-state index contributed by atoms with van der Waals surface area (Å²) < 4.78 is 2.32. The van der Waals surface area contributed by atoms with Gasteiger partial charge in [-0.25, -0.2) is 0 Å². The fourth-order valence-corrected chi connectivity index (χ4v) is 4.10. The van der Waals surface area contributed by atoms with E-state index in [0.29, 0.717) is 17.7 Å². The lowest BCUT2D eigenvalue weighted by Crippen LogP contribution is -2.39. The van der Waals surface area contributed by atoms with Crippen LogP contribution in [0.3, 0.4) is 0 Å². The Kier molecular flexibility index (Phi) is 3.66. The number of carbonyl (C=O) groups is 1. The number of aryl methyl sites for hydroxylation is 1. The van der Waals surface area contributed by atoms with Gasteiger partial charge >= 0.3 is 0 Å². The third-order valence-electron chi connectivity index (χ3n) is 5.77. The first-order valence-corrected chi connectivity index (χ1v) is 8.92. The lowest BCUT2D eigenvalue weighted by Gasteiger charge is -2.32. The van der Waals surface area contributed by atoms with E-state index in [4.69, 9.17) is 0 Å². The molecule has 120 valence electrons. The van der Waals surface area contributed by atoms with Crippen LogP contribution in [0.5, 0.6) is 0 Å². The molecule has 1 aromatic heterocycles. The second-order valence-corrected chi connectivity index (χ2v) is 7.40. The van der Waals surface area contributed by atoms with Crippen LogP contribution in [-0.2, 0) is 17.8 Å². The topological polar surface area (TPSA) is 51.0 Å². The molecule has 2 aliphatic heterocycles. The maximum absolute atomic E-state index is 12.4. The Hall–Kier alpha value is -1.39. The van der Waals surface area contributed by atoms with Gasteiger partial charge in [0, 0.05) is 38.4 Å². The number of amides is 1. The van der Waals surface area contributed by atoms with Crippen molar-refractivity contribution < 1.29 is 4.79 Å². The molecule has 0 aromatic carbocycles. The highest BCUT2D eigenvalue weighted by Gasteiger charge is 2.33. The number of fused-ring (bicyclic) bond motifs is 1. The molecule has 1 saturated carbocycles. The summed E-state index contributed by atoms with van der Waals surface area (Å²) in [4.78, 5) is 14.5. The minimum Gasteiger partial charge on any atom is -0.343 e. The zero-order valence-electron chi connectivity index (χ0n) is 13.5. The van der Waals surface area contributed by atoms with Crippen LogP contribution in [0.25, 0.3) is 0 Å². The summed E-state index contributed by atoms with van der Waals surface area (Å²) in [6, 6.07) is 0. The van der Waals surface area contributed by atoms with Crippen LogP contribution in [0.4, 0.5) is 0 Å². The first-order chi connectivity index (χ1) is 10.7. The van der Waals surface area contributed by atoms with E-state index in [1.54, 1.807) is 0 Å². The SMILES string of the molecule is C[C@H](CC(=O)N1CCC(c2nnc3n2CCC3)CC1)C1CC1. The van der Waals surface area contributed by atoms with E-state index in [2.05, 4.69) is 26.6 Å². The second kappa shape index (κ2) is 5.67. The summed E-state index contributed by atoms with van der Waals surface area (Å²) in [5, 5.41) is 8.74. The van der Waals surface area contributed by atoms with Gasteiger partial charge in [-0.2, -0.15) is 0 Å². The summed E-state index contributed by atoms with van der Waals surface area (Å²) in [7, 11) is 0. The number of nitrogens with zero attached hydrogens (tertiary/aromatic N) is 4. The fourth-order valence-electron chi connectivity index (χ4n) is 4.10. The van der Waals surface area contributed by atoms with Crippen LogP contribution < -0.4 is 0 Å². The van der Waals surface area contributed by atoms with Gasteiger partial charge in [-0.3, -0.25) is 4.79 Å². The third-order valence-corrected chi connectivity index (χ3v) is 5.77. The molecule has 5 nitrogen and oxygen atoms in total. The van der Waals surface area contributed by atoms with Crippen molar-refractivity contribution in [3.05, 3.63) is 11.6 Å². The van der Waals surface area contributed by atoms with Gasteiger partial charge in [0.1, 0.15) is 11.6 Å². The van der Waals surface area contributed by atoms with Crippen molar-refractivity contribution in [1.29, 1.82) is 0 Å². The molecular formula is C17H26N4O.